The fourth-order valence-electron chi connectivity index (χ4n) is 4.15. The minimum absolute atomic E-state index is 0.0481. The van der Waals surface area contributed by atoms with Gasteiger partial charge in [0.25, 0.3) is 5.91 Å². The zero-order valence-corrected chi connectivity index (χ0v) is 15.3. The van der Waals surface area contributed by atoms with Crippen molar-refractivity contribution in [2.45, 2.75) is 12.5 Å². The van der Waals surface area contributed by atoms with Gasteiger partial charge < -0.3 is 14.7 Å². The topological polar surface area (TPSA) is 56.8 Å². The quantitative estimate of drug-likeness (QED) is 0.839. The van der Waals surface area contributed by atoms with Gasteiger partial charge in [0.15, 0.2) is 0 Å². The average molecular weight is 352 g/mol. The van der Waals surface area contributed by atoms with Crippen molar-refractivity contribution in [3.05, 3.63) is 42.1 Å². The molecule has 2 aliphatic heterocycles. The summed E-state index contributed by atoms with van der Waals surface area (Å²) in [5.74, 6) is 0.572. The fraction of sp³-hybridized carbons (Fsp3) is 0.450. The number of likely N-dealkylation sites (tertiary alicyclic amines) is 2. The first-order chi connectivity index (χ1) is 12.5. The van der Waals surface area contributed by atoms with Crippen LogP contribution in [0, 0.1) is 5.92 Å². The third-order valence-electron chi connectivity index (χ3n) is 5.33. The van der Waals surface area contributed by atoms with Crippen LogP contribution >= 0.6 is 0 Å². The number of hydrogen-bond acceptors (Lipinski definition) is 4. The predicted molar refractivity (Wildman–Crippen MR) is 99.8 cm³/mol. The lowest BCUT2D eigenvalue weighted by Gasteiger charge is -2.33. The van der Waals surface area contributed by atoms with E-state index in [1.807, 2.05) is 59.1 Å². The van der Waals surface area contributed by atoms with Crippen LogP contribution in [0.1, 0.15) is 16.8 Å². The maximum atomic E-state index is 13.1. The van der Waals surface area contributed by atoms with Crippen molar-refractivity contribution in [1.29, 1.82) is 0 Å². The largest absolute Gasteiger partial charge is 0.339 e. The summed E-state index contributed by atoms with van der Waals surface area (Å²) in [6.45, 7) is 2.55. The Hall–Kier alpha value is -2.47. The molecular formula is C20H24N4O2. The summed E-state index contributed by atoms with van der Waals surface area (Å²) in [7, 11) is 3.81. The van der Waals surface area contributed by atoms with Gasteiger partial charge in [-0.15, -0.1) is 0 Å². The Morgan fingerprint density at radius 1 is 1.19 bits per heavy atom. The molecule has 136 valence electrons. The van der Waals surface area contributed by atoms with Gasteiger partial charge in [0.05, 0.1) is 18.1 Å². The van der Waals surface area contributed by atoms with Gasteiger partial charge in [-0.05, 0) is 44.6 Å². The van der Waals surface area contributed by atoms with Crippen LogP contribution in [0.2, 0.25) is 0 Å². The Morgan fingerprint density at radius 3 is 2.85 bits per heavy atom. The summed E-state index contributed by atoms with van der Waals surface area (Å²) < 4.78 is 0. The summed E-state index contributed by atoms with van der Waals surface area (Å²) in [4.78, 5) is 35.6. The van der Waals surface area contributed by atoms with Crippen molar-refractivity contribution in [2.24, 2.45) is 5.92 Å². The number of pyridine rings is 1. The number of rotatable bonds is 3. The highest BCUT2D eigenvalue weighted by atomic mass is 16.2. The van der Waals surface area contributed by atoms with Crippen molar-refractivity contribution < 1.29 is 9.59 Å². The molecule has 26 heavy (non-hydrogen) atoms. The van der Waals surface area contributed by atoms with Gasteiger partial charge >= 0.3 is 0 Å². The van der Waals surface area contributed by atoms with E-state index in [0.29, 0.717) is 24.6 Å². The first-order valence-corrected chi connectivity index (χ1v) is 9.09. The van der Waals surface area contributed by atoms with E-state index < -0.39 is 0 Å². The lowest BCUT2D eigenvalue weighted by atomic mass is 10.00. The summed E-state index contributed by atoms with van der Waals surface area (Å²) in [5, 5.41) is 1.03. The third-order valence-corrected chi connectivity index (χ3v) is 5.33. The molecule has 6 heteroatoms. The molecular weight excluding hydrogens is 328 g/mol. The van der Waals surface area contributed by atoms with Gasteiger partial charge in [-0.3, -0.25) is 14.6 Å². The monoisotopic (exact) mass is 352 g/mol. The molecule has 1 aromatic carbocycles. The van der Waals surface area contributed by atoms with Gasteiger partial charge in [0, 0.05) is 36.8 Å². The summed E-state index contributed by atoms with van der Waals surface area (Å²) in [6, 6.07) is 9.70. The van der Waals surface area contributed by atoms with Crippen LogP contribution in [0.5, 0.6) is 0 Å². The Labute approximate surface area is 153 Å². The zero-order valence-electron chi connectivity index (χ0n) is 15.3. The molecule has 1 aromatic heterocycles. The number of carbonyl (C=O) groups is 2. The van der Waals surface area contributed by atoms with E-state index in [1.54, 1.807) is 6.20 Å². The predicted octanol–water partition coefficient (Wildman–Crippen LogP) is 1.47. The van der Waals surface area contributed by atoms with Crippen molar-refractivity contribution in [3.8, 4) is 0 Å². The fourth-order valence-corrected chi connectivity index (χ4v) is 4.15. The first-order valence-electron chi connectivity index (χ1n) is 9.09. The Bertz CT molecular complexity index is 851. The summed E-state index contributed by atoms with van der Waals surface area (Å²) in [5.41, 5.74) is 1.51. The lowest BCUT2D eigenvalue weighted by Crippen LogP contribution is -2.48. The van der Waals surface area contributed by atoms with Crippen LogP contribution in [0.4, 0.5) is 0 Å². The van der Waals surface area contributed by atoms with Crippen LogP contribution in [0.15, 0.2) is 36.5 Å². The highest BCUT2D eigenvalue weighted by molar-refractivity contribution is 5.98. The summed E-state index contributed by atoms with van der Waals surface area (Å²) in [6.07, 6.45) is 2.73. The molecule has 6 nitrogen and oxygen atoms in total. The van der Waals surface area contributed by atoms with E-state index in [-0.39, 0.29) is 17.9 Å². The van der Waals surface area contributed by atoms with Crippen molar-refractivity contribution in [1.82, 2.24) is 19.7 Å². The highest BCUT2D eigenvalue weighted by Crippen LogP contribution is 2.31. The second-order valence-electron chi connectivity index (χ2n) is 7.66. The Kier molecular flexibility index (Phi) is 4.36. The molecule has 0 N–H and O–H groups in total. The number of hydrogen-bond donors (Lipinski definition) is 0. The van der Waals surface area contributed by atoms with E-state index >= 15 is 0 Å². The van der Waals surface area contributed by atoms with Gasteiger partial charge in [-0.1, -0.05) is 12.1 Å². The second-order valence-corrected chi connectivity index (χ2v) is 7.66. The molecule has 3 heterocycles. The zero-order chi connectivity index (χ0) is 18.3. The van der Waals surface area contributed by atoms with Crippen molar-refractivity contribution >= 4 is 22.7 Å². The Balaban J connectivity index is 1.51. The minimum atomic E-state index is 0.0481. The van der Waals surface area contributed by atoms with Crippen LogP contribution < -0.4 is 0 Å². The number of benzene rings is 1. The molecule has 2 aromatic rings. The van der Waals surface area contributed by atoms with Crippen LogP contribution in [-0.4, -0.2) is 77.8 Å². The van der Waals surface area contributed by atoms with Gasteiger partial charge in [0.1, 0.15) is 0 Å². The molecule has 0 spiro atoms. The average Bonchev–Trinajstić information content (AvgIpc) is 2.93. The summed E-state index contributed by atoms with van der Waals surface area (Å²) >= 11 is 0. The number of amides is 2. The SMILES string of the molecule is CN(C)CC(=O)N1CC2CC(C1)N(C(=O)c1ccc3cccnc3c1)C2. The van der Waals surface area contributed by atoms with Crippen LogP contribution in [0.25, 0.3) is 10.9 Å². The van der Waals surface area contributed by atoms with E-state index in [0.717, 1.165) is 30.4 Å². The number of nitrogens with zero attached hydrogens (tertiary/aromatic N) is 4. The Morgan fingerprint density at radius 2 is 2.04 bits per heavy atom. The van der Waals surface area contributed by atoms with E-state index in [1.165, 1.54) is 0 Å². The number of likely N-dealkylation sites (N-methyl/N-ethyl adjacent to an activating group) is 1. The molecule has 2 atom stereocenters. The first kappa shape index (κ1) is 17.0. The van der Waals surface area contributed by atoms with Gasteiger partial charge in [-0.2, -0.15) is 0 Å². The highest BCUT2D eigenvalue weighted by Gasteiger charge is 2.42. The molecule has 0 aliphatic carbocycles. The normalized spacial score (nSPS) is 22.3. The van der Waals surface area contributed by atoms with Crippen molar-refractivity contribution in [2.75, 3.05) is 40.3 Å². The standard InChI is InChI=1S/C20H24N4O2/c1-22(2)13-19(25)23-10-14-8-17(12-23)24(11-14)20(26)16-6-5-15-4-3-7-21-18(15)9-16/h3-7,9,14,17H,8,10-13H2,1-2H3. The molecule has 0 saturated carbocycles. The van der Waals surface area contributed by atoms with E-state index in [4.69, 9.17) is 0 Å². The lowest BCUT2D eigenvalue weighted by molar-refractivity contribution is -0.133. The van der Waals surface area contributed by atoms with Crippen LogP contribution in [-0.2, 0) is 4.79 Å². The molecule has 2 amide bonds. The number of piperidine rings is 1. The number of fused-ring (bicyclic) bond motifs is 3. The molecule has 4 rings (SSSR count). The maximum absolute atomic E-state index is 13.1. The van der Waals surface area contributed by atoms with Crippen LogP contribution in [0.3, 0.4) is 0 Å². The molecule has 2 aliphatic rings. The third kappa shape index (κ3) is 3.17. The molecule has 2 unspecified atom stereocenters. The van der Waals surface area contributed by atoms with E-state index in [2.05, 4.69) is 4.98 Å². The second kappa shape index (κ2) is 6.68. The molecule has 2 bridgehead atoms. The van der Waals surface area contributed by atoms with Gasteiger partial charge in [0.2, 0.25) is 5.91 Å². The molecule has 2 fully saturated rings. The smallest absolute Gasteiger partial charge is 0.254 e. The van der Waals surface area contributed by atoms with Gasteiger partial charge in [-0.25, -0.2) is 0 Å². The number of aromatic nitrogens is 1. The molecule has 0 radical (unpaired) electrons. The van der Waals surface area contributed by atoms with E-state index in [9.17, 15) is 9.59 Å². The minimum Gasteiger partial charge on any atom is -0.339 e. The molecule has 2 saturated heterocycles. The number of carbonyl (C=O) groups excluding carboxylic acids is 2. The maximum Gasteiger partial charge on any atom is 0.254 e. The van der Waals surface area contributed by atoms with Crippen molar-refractivity contribution in [3.63, 3.8) is 0 Å².